The van der Waals surface area contributed by atoms with Crippen molar-refractivity contribution < 1.29 is 9.59 Å². The number of aromatic nitrogens is 2. The molecule has 2 N–H and O–H groups in total. The van der Waals surface area contributed by atoms with Crippen LogP contribution in [0.15, 0.2) is 41.2 Å². The Morgan fingerprint density at radius 3 is 2.62 bits per heavy atom. The lowest BCUT2D eigenvalue weighted by atomic mass is 9.83. The van der Waals surface area contributed by atoms with Gasteiger partial charge in [0.2, 0.25) is 5.91 Å². The molecule has 2 aliphatic rings. The van der Waals surface area contributed by atoms with E-state index in [1.165, 1.54) is 50.9 Å². The first-order chi connectivity index (χ1) is 15.5. The molecule has 0 aliphatic carbocycles. The summed E-state index contributed by atoms with van der Waals surface area (Å²) in [4.78, 5) is 39.2. The monoisotopic (exact) mass is 457 g/mol. The molecule has 0 spiro atoms. The molecule has 3 heterocycles. The molecule has 2 aliphatic heterocycles. The van der Waals surface area contributed by atoms with Crippen molar-refractivity contribution in [2.75, 3.05) is 25.0 Å². The molecule has 2 saturated heterocycles. The van der Waals surface area contributed by atoms with E-state index in [0.29, 0.717) is 29.8 Å². The highest BCUT2D eigenvalue weighted by molar-refractivity contribution is 6.29. The largest absolute Gasteiger partial charge is 0.352 e. The van der Waals surface area contributed by atoms with Crippen LogP contribution >= 0.6 is 11.6 Å². The highest BCUT2D eigenvalue weighted by Gasteiger charge is 2.32. The molecule has 170 valence electrons. The van der Waals surface area contributed by atoms with E-state index < -0.39 is 11.5 Å². The Morgan fingerprint density at radius 1 is 1.03 bits per heavy atom. The van der Waals surface area contributed by atoms with Gasteiger partial charge in [0.1, 0.15) is 11.7 Å². The number of hydrogen-bond donors (Lipinski definition) is 2. The van der Waals surface area contributed by atoms with E-state index in [9.17, 15) is 14.4 Å². The van der Waals surface area contributed by atoms with Gasteiger partial charge in [-0.3, -0.25) is 14.4 Å². The van der Waals surface area contributed by atoms with Gasteiger partial charge >= 0.3 is 0 Å². The van der Waals surface area contributed by atoms with Crippen molar-refractivity contribution in [3.05, 3.63) is 57.5 Å². The SMILES string of the molecule is O=C(Cn1nc(Cl)ccc1=O)Nc1ccc(C(=O)NC[C@H]2CCCN3CCCC[C@H]23)cc1. The second-order valence-corrected chi connectivity index (χ2v) is 8.88. The lowest BCUT2D eigenvalue weighted by Gasteiger charge is -2.44. The Kier molecular flexibility index (Phi) is 7.22. The maximum atomic E-state index is 12.6. The number of benzene rings is 1. The topological polar surface area (TPSA) is 96.3 Å². The van der Waals surface area contributed by atoms with E-state index in [1.54, 1.807) is 24.3 Å². The molecule has 2 amide bonds. The van der Waals surface area contributed by atoms with Crippen molar-refractivity contribution in [2.45, 2.75) is 44.7 Å². The van der Waals surface area contributed by atoms with Gasteiger partial charge in [-0.25, -0.2) is 4.68 Å². The summed E-state index contributed by atoms with van der Waals surface area (Å²) in [6, 6.07) is 9.94. The Labute approximate surface area is 191 Å². The quantitative estimate of drug-likeness (QED) is 0.694. The second-order valence-electron chi connectivity index (χ2n) is 8.49. The van der Waals surface area contributed by atoms with Crippen LogP contribution in [0.2, 0.25) is 5.15 Å². The third kappa shape index (κ3) is 5.55. The lowest BCUT2D eigenvalue weighted by molar-refractivity contribution is -0.117. The third-order valence-corrected chi connectivity index (χ3v) is 6.51. The predicted octanol–water partition coefficient (Wildman–Crippen LogP) is 2.53. The van der Waals surface area contributed by atoms with Crippen LogP contribution in [0.4, 0.5) is 5.69 Å². The first-order valence-corrected chi connectivity index (χ1v) is 11.5. The molecule has 1 aromatic heterocycles. The number of amides is 2. The molecule has 2 aromatic rings. The molecule has 0 saturated carbocycles. The van der Waals surface area contributed by atoms with Gasteiger partial charge in [-0.1, -0.05) is 18.0 Å². The molecule has 2 atom stereocenters. The van der Waals surface area contributed by atoms with Crippen LogP contribution in [0.1, 0.15) is 42.5 Å². The molecule has 8 nitrogen and oxygen atoms in total. The summed E-state index contributed by atoms with van der Waals surface area (Å²) in [5.41, 5.74) is 0.671. The number of anilines is 1. The minimum Gasteiger partial charge on any atom is -0.352 e. The zero-order valence-electron chi connectivity index (χ0n) is 17.9. The molecule has 32 heavy (non-hydrogen) atoms. The smallest absolute Gasteiger partial charge is 0.267 e. The Bertz CT molecular complexity index is 1020. The van der Waals surface area contributed by atoms with E-state index in [4.69, 9.17) is 11.6 Å². The number of halogens is 1. The van der Waals surface area contributed by atoms with Gasteiger partial charge in [-0.05, 0) is 75.0 Å². The summed E-state index contributed by atoms with van der Waals surface area (Å²) >= 11 is 5.77. The average molecular weight is 458 g/mol. The summed E-state index contributed by atoms with van der Waals surface area (Å²) in [6.45, 7) is 2.82. The molecule has 0 radical (unpaired) electrons. The van der Waals surface area contributed by atoms with Crippen molar-refractivity contribution in [1.82, 2.24) is 20.0 Å². The number of rotatable bonds is 6. The van der Waals surface area contributed by atoms with Crippen molar-refractivity contribution in [3.8, 4) is 0 Å². The molecule has 1 aromatic carbocycles. The Hall–Kier alpha value is -2.71. The third-order valence-electron chi connectivity index (χ3n) is 6.31. The second kappa shape index (κ2) is 10.3. The van der Waals surface area contributed by atoms with E-state index in [2.05, 4.69) is 20.6 Å². The Balaban J connectivity index is 1.29. The normalized spacial score (nSPS) is 20.9. The van der Waals surface area contributed by atoms with Crippen LogP contribution in [0.3, 0.4) is 0 Å². The molecule has 2 fully saturated rings. The standard InChI is InChI=1S/C23H28ClN5O3/c24-20-10-11-22(31)29(27-20)15-21(30)26-18-8-6-16(7-9-18)23(32)25-14-17-4-3-13-28-12-2-1-5-19(17)28/h6-11,17,19H,1-5,12-15H2,(H,25,32)(H,26,30)/t17-,19-/m1/s1. The van der Waals surface area contributed by atoms with Crippen LogP contribution in [-0.4, -0.2) is 52.2 Å². The number of carbonyl (C=O) groups is 2. The van der Waals surface area contributed by atoms with Crippen LogP contribution in [0, 0.1) is 5.92 Å². The van der Waals surface area contributed by atoms with Gasteiger partial charge in [0.25, 0.3) is 11.5 Å². The van der Waals surface area contributed by atoms with Crippen LogP contribution in [0.25, 0.3) is 0 Å². The molecule has 0 unspecified atom stereocenters. The molecule has 9 heteroatoms. The number of fused-ring (bicyclic) bond motifs is 1. The predicted molar refractivity (Wildman–Crippen MR) is 123 cm³/mol. The molecule has 0 bridgehead atoms. The average Bonchev–Trinajstić information content (AvgIpc) is 2.80. The number of nitrogens with zero attached hydrogens (tertiary/aromatic N) is 3. The van der Waals surface area contributed by atoms with Gasteiger partial charge in [-0.2, -0.15) is 5.10 Å². The highest BCUT2D eigenvalue weighted by atomic mass is 35.5. The fraction of sp³-hybridized carbons (Fsp3) is 0.478. The van der Waals surface area contributed by atoms with Gasteiger partial charge in [-0.15, -0.1) is 0 Å². The molecular weight excluding hydrogens is 430 g/mol. The first-order valence-electron chi connectivity index (χ1n) is 11.2. The van der Waals surface area contributed by atoms with Gasteiger partial charge < -0.3 is 15.5 Å². The zero-order chi connectivity index (χ0) is 22.5. The number of nitrogens with one attached hydrogen (secondary N) is 2. The molecule has 4 rings (SSSR count). The first kappa shape index (κ1) is 22.5. The number of piperidine rings is 2. The maximum Gasteiger partial charge on any atom is 0.267 e. The fourth-order valence-corrected chi connectivity index (χ4v) is 4.87. The Morgan fingerprint density at radius 2 is 1.81 bits per heavy atom. The van der Waals surface area contributed by atoms with E-state index >= 15 is 0 Å². The number of carbonyl (C=O) groups excluding carboxylic acids is 2. The van der Waals surface area contributed by atoms with Crippen molar-refractivity contribution in [1.29, 1.82) is 0 Å². The van der Waals surface area contributed by atoms with E-state index in [1.807, 2.05) is 0 Å². The summed E-state index contributed by atoms with van der Waals surface area (Å²) in [6.07, 6.45) is 6.15. The van der Waals surface area contributed by atoms with Crippen molar-refractivity contribution in [3.63, 3.8) is 0 Å². The van der Waals surface area contributed by atoms with E-state index in [0.717, 1.165) is 11.1 Å². The highest BCUT2D eigenvalue weighted by Crippen LogP contribution is 2.30. The van der Waals surface area contributed by atoms with E-state index in [-0.39, 0.29) is 17.6 Å². The van der Waals surface area contributed by atoms with Gasteiger partial charge in [0, 0.05) is 29.9 Å². The van der Waals surface area contributed by atoms with Crippen molar-refractivity contribution in [2.24, 2.45) is 5.92 Å². The fourth-order valence-electron chi connectivity index (χ4n) is 4.72. The zero-order valence-corrected chi connectivity index (χ0v) is 18.7. The maximum absolute atomic E-state index is 12.6. The summed E-state index contributed by atoms with van der Waals surface area (Å²) in [5.74, 6) is -0.00559. The number of hydrogen-bond acceptors (Lipinski definition) is 5. The van der Waals surface area contributed by atoms with Gasteiger partial charge in [0.15, 0.2) is 0 Å². The van der Waals surface area contributed by atoms with Crippen molar-refractivity contribution >= 4 is 29.1 Å². The van der Waals surface area contributed by atoms with Gasteiger partial charge in [0.05, 0.1) is 0 Å². The summed E-state index contributed by atoms with van der Waals surface area (Å²) in [5, 5.41) is 9.76. The molecular formula is C23H28ClN5O3. The lowest BCUT2D eigenvalue weighted by Crippen LogP contribution is -2.51. The van der Waals surface area contributed by atoms with Crippen LogP contribution < -0.4 is 16.2 Å². The summed E-state index contributed by atoms with van der Waals surface area (Å²) in [7, 11) is 0. The summed E-state index contributed by atoms with van der Waals surface area (Å²) < 4.78 is 0.998. The van der Waals surface area contributed by atoms with Crippen LogP contribution in [-0.2, 0) is 11.3 Å². The van der Waals surface area contributed by atoms with Crippen LogP contribution in [0.5, 0.6) is 0 Å². The minimum absolute atomic E-state index is 0.106. The minimum atomic E-state index is -0.411.